The number of halogens is 5. The first kappa shape index (κ1) is 15.5. The van der Waals surface area contributed by atoms with Gasteiger partial charge in [0.2, 0.25) is 0 Å². The number of aliphatic hydroxyl groups excluding tert-OH is 1. The normalized spacial score (nSPS) is 12.5. The summed E-state index contributed by atoms with van der Waals surface area (Å²) in [6.45, 7) is 0. The minimum atomic E-state index is -1.24. The van der Waals surface area contributed by atoms with E-state index in [9.17, 15) is 13.9 Å². The molecule has 2 aromatic carbocycles. The monoisotopic (exact) mass is 336 g/mol. The zero-order valence-corrected chi connectivity index (χ0v) is 12.3. The lowest BCUT2D eigenvalue weighted by atomic mass is 10.0. The van der Waals surface area contributed by atoms with Crippen molar-refractivity contribution in [2.75, 3.05) is 0 Å². The largest absolute Gasteiger partial charge is 0.388 e. The molecule has 1 atom stereocenters. The van der Waals surface area contributed by atoms with Gasteiger partial charge < -0.3 is 5.11 Å². The number of hydrogen-bond acceptors (Lipinski definition) is 1. The van der Waals surface area contributed by atoms with Crippen LogP contribution in [0, 0.1) is 11.6 Å². The van der Waals surface area contributed by atoms with Crippen molar-refractivity contribution in [3.63, 3.8) is 0 Å². The molecule has 1 nitrogen and oxygen atoms in total. The van der Waals surface area contributed by atoms with Crippen LogP contribution >= 0.6 is 34.8 Å². The summed E-state index contributed by atoms with van der Waals surface area (Å²) in [5.41, 5.74) is 0.413. The molecule has 0 saturated carbocycles. The lowest BCUT2D eigenvalue weighted by molar-refractivity contribution is 0.173. The highest BCUT2D eigenvalue weighted by Gasteiger charge is 2.17. The zero-order valence-electron chi connectivity index (χ0n) is 10.0. The Morgan fingerprint density at radius 3 is 2.30 bits per heavy atom. The third-order valence-electron chi connectivity index (χ3n) is 2.83. The molecule has 0 bridgehead atoms. The van der Waals surface area contributed by atoms with Crippen molar-refractivity contribution in [2.45, 2.75) is 12.5 Å². The van der Waals surface area contributed by atoms with E-state index in [4.69, 9.17) is 34.8 Å². The quantitative estimate of drug-likeness (QED) is 0.763. The summed E-state index contributed by atoms with van der Waals surface area (Å²) >= 11 is 17.2. The summed E-state index contributed by atoms with van der Waals surface area (Å²) < 4.78 is 27.0. The first-order chi connectivity index (χ1) is 9.38. The minimum Gasteiger partial charge on any atom is -0.388 e. The van der Waals surface area contributed by atoms with Crippen LogP contribution in [0.4, 0.5) is 8.78 Å². The molecule has 20 heavy (non-hydrogen) atoms. The molecule has 0 aliphatic rings. The van der Waals surface area contributed by atoms with Crippen LogP contribution in [-0.4, -0.2) is 5.11 Å². The Labute approximate surface area is 129 Å². The molecule has 0 amide bonds. The molecule has 0 aliphatic carbocycles. The van der Waals surface area contributed by atoms with Gasteiger partial charge in [-0.25, -0.2) is 8.78 Å². The van der Waals surface area contributed by atoms with Gasteiger partial charge in [-0.2, -0.15) is 0 Å². The van der Waals surface area contributed by atoms with Crippen LogP contribution in [0.5, 0.6) is 0 Å². The molecular weight excluding hydrogens is 329 g/mol. The zero-order chi connectivity index (χ0) is 14.9. The minimum absolute atomic E-state index is 0.0357. The third kappa shape index (κ3) is 3.41. The van der Waals surface area contributed by atoms with Crippen molar-refractivity contribution < 1.29 is 13.9 Å². The fourth-order valence-electron chi connectivity index (χ4n) is 1.80. The summed E-state index contributed by atoms with van der Waals surface area (Å²) in [6.07, 6.45) is -1.20. The molecule has 0 radical (unpaired) electrons. The van der Waals surface area contributed by atoms with Crippen molar-refractivity contribution in [2.24, 2.45) is 0 Å². The van der Waals surface area contributed by atoms with Gasteiger partial charge in [0.15, 0.2) is 0 Å². The van der Waals surface area contributed by atoms with Gasteiger partial charge in [0.05, 0.1) is 11.1 Å². The van der Waals surface area contributed by atoms with Crippen molar-refractivity contribution in [3.8, 4) is 0 Å². The molecule has 0 spiro atoms. The van der Waals surface area contributed by atoms with E-state index < -0.39 is 17.7 Å². The molecule has 2 aromatic rings. The predicted molar refractivity (Wildman–Crippen MR) is 76.5 cm³/mol. The average molecular weight is 338 g/mol. The number of aliphatic hydroxyl groups is 1. The maximum absolute atomic E-state index is 13.7. The highest BCUT2D eigenvalue weighted by Crippen LogP contribution is 2.29. The molecule has 106 valence electrons. The third-order valence-corrected chi connectivity index (χ3v) is 3.70. The van der Waals surface area contributed by atoms with Gasteiger partial charge in [0, 0.05) is 22.0 Å². The Morgan fingerprint density at radius 2 is 1.65 bits per heavy atom. The molecular formula is C14H9Cl3F2O. The molecule has 1 unspecified atom stereocenters. The van der Waals surface area contributed by atoms with Crippen LogP contribution in [0.2, 0.25) is 15.1 Å². The van der Waals surface area contributed by atoms with E-state index in [-0.39, 0.29) is 17.0 Å². The standard InChI is InChI=1S/C14H9Cl3F2O/c15-8-2-1-7(10(16)4-8)3-14(20)9-5-13(19)11(17)6-12(9)18/h1-2,4-6,14,20H,3H2. The van der Waals surface area contributed by atoms with Gasteiger partial charge in [-0.3, -0.25) is 0 Å². The fraction of sp³-hybridized carbons (Fsp3) is 0.143. The molecule has 0 heterocycles. The van der Waals surface area contributed by atoms with Gasteiger partial charge >= 0.3 is 0 Å². The van der Waals surface area contributed by atoms with Crippen molar-refractivity contribution >= 4 is 34.8 Å². The summed E-state index contributed by atoms with van der Waals surface area (Å²) in [5, 5.41) is 10.5. The van der Waals surface area contributed by atoms with Gasteiger partial charge in [-0.15, -0.1) is 0 Å². The molecule has 0 aromatic heterocycles. The van der Waals surface area contributed by atoms with E-state index in [1.54, 1.807) is 12.1 Å². The molecule has 2 rings (SSSR count). The van der Waals surface area contributed by atoms with Crippen molar-refractivity contribution in [1.29, 1.82) is 0 Å². The van der Waals surface area contributed by atoms with E-state index in [0.29, 0.717) is 15.6 Å². The molecule has 0 saturated heterocycles. The average Bonchev–Trinajstić information content (AvgIpc) is 2.37. The second kappa shape index (κ2) is 6.27. The van der Waals surface area contributed by atoms with E-state index in [2.05, 4.69) is 0 Å². The van der Waals surface area contributed by atoms with Crippen molar-refractivity contribution in [3.05, 3.63) is 68.2 Å². The highest BCUT2D eigenvalue weighted by atomic mass is 35.5. The van der Waals surface area contributed by atoms with E-state index in [1.807, 2.05) is 0 Å². The Bertz CT molecular complexity index is 647. The van der Waals surface area contributed by atoms with E-state index in [1.165, 1.54) is 6.07 Å². The number of rotatable bonds is 3. The second-order valence-electron chi connectivity index (χ2n) is 4.24. The maximum atomic E-state index is 13.7. The first-order valence-electron chi connectivity index (χ1n) is 5.65. The summed E-state index contributed by atoms with van der Waals surface area (Å²) in [6, 6.07) is 6.46. The predicted octanol–water partition coefficient (Wildman–Crippen LogP) is 5.20. The molecule has 0 fully saturated rings. The van der Waals surface area contributed by atoms with Crippen LogP contribution in [-0.2, 0) is 6.42 Å². The number of benzene rings is 2. The van der Waals surface area contributed by atoms with E-state index >= 15 is 0 Å². The Hall–Kier alpha value is -0.870. The topological polar surface area (TPSA) is 20.2 Å². The lowest BCUT2D eigenvalue weighted by Crippen LogP contribution is -2.06. The van der Waals surface area contributed by atoms with Gasteiger partial charge in [-0.05, 0) is 29.8 Å². The van der Waals surface area contributed by atoms with Crippen LogP contribution < -0.4 is 0 Å². The van der Waals surface area contributed by atoms with Crippen LogP contribution in [0.25, 0.3) is 0 Å². The van der Waals surface area contributed by atoms with Crippen LogP contribution in [0.15, 0.2) is 30.3 Å². The smallest absolute Gasteiger partial charge is 0.142 e. The van der Waals surface area contributed by atoms with E-state index in [0.717, 1.165) is 12.1 Å². The number of hydrogen-bond donors (Lipinski definition) is 1. The summed E-state index contributed by atoms with van der Waals surface area (Å²) in [4.78, 5) is 0. The first-order valence-corrected chi connectivity index (χ1v) is 6.78. The van der Waals surface area contributed by atoms with Crippen molar-refractivity contribution in [1.82, 2.24) is 0 Å². The maximum Gasteiger partial charge on any atom is 0.142 e. The van der Waals surface area contributed by atoms with Gasteiger partial charge in [0.1, 0.15) is 11.6 Å². The van der Waals surface area contributed by atoms with Crippen LogP contribution in [0.3, 0.4) is 0 Å². The molecule has 1 N–H and O–H groups in total. The van der Waals surface area contributed by atoms with Gasteiger partial charge in [0.25, 0.3) is 0 Å². The Morgan fingerprint density at radius 1 is 0.950 bits per heavy atom. The molecule has 0 aliphatic heterocycles. The van der Waals surface area contributed by atoms with Gasteiger partial charge in [-0.1, -0.05) is 40.9 Å². The Kier molecular flexibility index (Phi) is 4.86. The van der Waals surface area contributed by atoms with Crippen LogP contribution in [0.1, 0.15) is 17.2 Å². The summed E-state index contributed by atoms with van der Waals surface area (Å²) in [5.74, 6) is -1.56. The molecule has 6 heteroatoms. The second-order valence-corrected chi connectivity index (χ2v) is 5.49. The summed E-state index contributed by atoms with van der Waals surface area (Å²) in [7, 11) is 0. The Balaban J connectivity index is 2.28. The SMILES string of the molecule is OC(Cc1ccc(Cl)cc1Cl)c1cc(F)c(Cl)cc1F. The fourth-order valence-corrected chi connectivity index (χ4v) is 2.43. The highest BCUT2D eigenvalue weighted by molar-refractivity contribution is 6.35. The lowest BCUT2D eigenvalue weighted by Gasteiger charge is -2.14.